The summed E-state index contributed by atoms with van der Waals surface area (Å²) in [7, 11) is 1.65. The molecule has 2 rings (SSSR count). The fraction of sp³-hybridized carbons (Fsp3) is 0.200. The van der Waals surface area contributed by atoms with Crippen LogP contribution < -0.4 is 10.5 Å². The summed E-state index contributed by atoms with van der Waals surface area (Å²) in [5, 5.41) is 0. The van der Waals surface area contributed by atoms with Gasteiger partial charge in [-0.2, -0.15) is 0 Å². The smallest absolute Gasteiger partial charge is 0.272 e. The first-order valence-electron chi connectivity index (χ1n) is 6.41. The van der Waals surface area contributed by atoms with Crippen LogP contribution in [0.4, 0.5) is 10.1 Å². The normalized spacial score (nSPS) is 10.2. The van der Waals surface area contributed by atoms with E-state index in [4.69, 9.17) is 10.5 Å². The van der Waals surface area contributed by atoms with Crippen LogP contribution in [0.3, 0.4) is 0 Å². The summed E-state index contributed by atoms with van der Waals surface area (Å²) in [6, 6.07) is 9.06. The van der Waals surface area contributed by atoms with Crippen molar-refractivity contribution in [3.8, 4) is 5.75 Å². The van der Waals surface area contributed by atoms with Gasteiger partial charge in [0.15, 0.2) is 0 Å². The number of carbonyl (C=O) groups excluding carboxylic acids is 1. The van der Waals surface area contributed by atoms with Gasteiger partial charge >= 0.3 is 0 Å². The summed E-state index contributed by atoms with van der Waals surface area (Å²) in [4.78, 5) is 17.5. The second kappa shape index (κ2) is 6.69. The van der Waals surface area contributed by atoms with Crippen molar-refractivity contribution in [2.75, 3.05) is 25.9 Å². The van der Waals surface area contributed by atoms with Crippen molar-refractivity contribution >= 4 is 11.6 Å². The number of hydrogen-bond donors (Lipinski definition) is 1. The molecule has 0 saturated carbocycles. The molecule has 0 aliphatic rings. The summed E-state index contributed by atoms with van der Waals surface area (Å²) in [5.41, 5.74) is 6.34. The van der Waals surface area contributed by atoms with E-state index in [0.29, 0.717) is 23.7 Å². The van der Waals surface area contributed by atoms with Crippen molar-refractivity contribution < 1.29 is 13.9 Å². The molecule has 0 unspecified atom stereocenters. The third kappa shape index (κ3) is 4.17. The fourth-order valence-electron chi connectivity index (χ4n) is 1.69. The number of likely N-dealkylation sites (N-methyl/N-ethyl adjacent to an activating group) is 1. The van der Waals surface area contributed by atoms with E-state index < -0.39 is 0 Å². The summed E-state index contributed by atoms with van der Waals surface area (Å²) in [6.45, 7) is 0.627. The van der Waals surface area contributed by atoms with E-state index in [0.717, 1.165) is 0 Å². The minimum atomic E-state index is -0.358. The topological polar surface area (TPSA) is 68.5 Å². The van der Waals surface area contributed by atoms with Crippen molar-refractivity contribution in [3.05, 3.63) is 54.1 Å². The van der Waals surface area contributed by atoms with Crippen molar-refractivity contribution in [3.63, 3.8) is 0 Å². The van der Waals surface area contributed by atoms with Gasteiger partial charge in [-0.1, -0.05) is 6.07 Å². The van der Waals surface area contributed by atoms with Gasteiger partial charge in [-0.15, -0.1) is 0 Å². The Morgan fingerprint density at radius 3 is 2.86 bits per heavy atom. The van der Waals surface area contributed by atoms with Crippen LogP contribution in [-0.4, -0.2) is 36.0 Å². The number of amides is 1. The standard InChI is InChI=1S/C15H16FN3O2/c1-19(15(20)14-6-5-12(17)10-18-14)7-8-21-13-4-2-3-11(16)9-13/h2-6,9-10H,7-8,17H2,1H3. The molecule has 1 aromatic heterocycles. The van der Waals surface area contributed by atoms with Crippen LogP contribution in [0.5, 0.6) is 5.75 Å². The van der Waals surface area contributed by atoms with Gasteiger partial charge in [0.05, 0.1) is 18.4 Å². The highest BCUT2D eigenvalue weighted by Gasteiger charge is 2.12. The van der Waals surface area contributed by atoms with Gasteiger partial charge in [0.1, 0.15) is 23.9 Å². The molecule has 0 fully saturated rings. The number of nitrogens with two attached hydrogens (primary N) is 1. The van der Waals surface area contributed by atoms with E-state index in [1.165, 1.54) is 23.2 Å². The van der Waals surface area contributed by atoms with Gasteiger partial charge in [-0.25, -0.2) is 9.37 Å². The molecule has 0 bridgehead atoms. The Balaban J connectivity index is 1.85. The summed E-state index contributed by atoms with van der Waals surface area (Å²) in [6.07, 6.45) is 1.43. The van der Waals surface area contributed by atoms with E-state index in [1.807, 2.05) is 0 Å². The number of ether oxygens (including phenoxy) is 1. The predicted molar refractivity (Wildman–Crippen MR) is 77.5 cm³/mol. The van der Waals surface area contributed by atoms with Crippen molar-refractivity contribution in [1.82, 2.24) is 9.88 Å². The Labute approximate surface area is 122 Å². The quantitative estimate of drug-likeness (QED) is 0.913. The lowest BCUT2D eigenvalue weighted by Crippen LogP contribution is -2.31. The average Bonchev–Trinajstić information content (AvgIpc) is 2.47. The number of nitrogens with zero attached hydrogens (tertiary/aromatic N) is 2. The van der Waals surface area contributed by atoms with Gasteiger partial charge in [-0.05, 0) is 24.3 Å². The summed E-state index contributed by atoms with van der Waals surface area (Å²) >= 11 is 0. The number of hydrogen-bond acceptors (Lipinski definition) is 4. The van der Waals surface area contributed by atoms with Crippen molar-refractivity contribution in [1.29, 1.82) is 0 Å². The van der Waals surface area contributed by atoms with E-state index in [1.54, 1.807) is 31.3 Å². The predicted octanol–water partition coefficient (Wildman–Crippen LogP) is 1.95. The highest BCUT2D eigenvalue weighted by atomic mass is 19.1. The zero-order chi connectivity index (χ0) is 15.2. The van der Waals surface area contributed by atoms with E-state index >= 15 is 0 Å². The van der Waals surface area contributed by atoms with E-state index in [2.05, 4.69) is 4.98 Å². The molecular formula is C15H16FN3O2. The molecule has 1 aromatic carbocycles. The zero-order valence-corrected chi connectivity index (χ0v) is 11.6. The van der Waals surface area contributed by atoms with Crippen LogP contribution in [0.2, 0.25) is 0 Å². The molecule has 2 N–H and O–H groups in total. The lowest BCUT2D eigenvalue weighted by atomic mass is 10.3. The monoisotopic (exact) mass is 289 g/mol. The summed E-state index contributed by atoms with van der Waals surface area (Å²) < 4.78 is 18.4. The Morgan fingerprint density at radius 2 is 2.19 bits per heavy atom. The second-order valence-electron chi connectivity index (χ2n) is 4.51. The Kier molecular flexibility index (Phi) is 4.71. The molecule has 110 valence electrons. The van der Waals surface area contributed by atoms with Gasteiger partial charge in [0, 0.05) is 13.1 Å². The molecule has 0 aliphatic heterocycles. The molecular weight excluding hydrogens is 273 g/mol. The first kappa shape index (κ1) is 14.8. The molecule has 6 heteroatoms. The first-order chi connectivity index (χ1) is 10.1. The van der Waals surface area contributed by atoms with E-state index in [9.17, 15) is 9.18 Å². The Morgan fingerprint density at radius 1 is 1.38 bits per heavy atom. The number of aromatic nitrogens is 1. The van der Waals surface area contributed by atoms with Gasteiger partial charge in [0.25, 0.3) is 5.91 Å². The molecule has 1 amide bonds. The third-order valence-electron chi connectivity index (χ3n) is 2.84. The molecule has 0 aliphatic carbocycles. The number of anilines is 1. The van der Waals surface area contributed by atoms with Crippen molar-refractivity contribution in [2.24, 2.45) is 0 Å². The maximum absolute atomic E-state index is 13.0. The number of nitrogen functional groups attached to an aromatic ring is 1. The lowest BCUT2D eigenvalue weighted by Gasteiger charge is -2.17. The number of pyridine rings is 1. The van der Waals surface area contributed by atoms with E-state index in [-0.39, 0.29) is 18.3 Å². The van der Waals surface area contributed by atoms with Crippen LogP contribution >= 0.6 is 0 Å². The van der Waals surface area contributed by atoms with Gasteiger partial charge < -0.3 is 15.4 Å². The molecule has 0 atom stereocenters. The van der Waals surface area contributed by atoms with Crippen LogP contribution in [0, 0.1) is 5.82 Å². The number of benzene rings is 1. The van der Waals surface area contributed by atoms with Gasteiger partial charge in [-0.3, -0.25) is 4.79 Å². The lowest BCUT2D eigenvalue weighted by molar-refractivity contribution is 0.0768. The van der Waals surface area contributed by atoms with Crippen LogP contribution in [0.1, 0.15) is 10.5 Å². The number of halogens is 1. The maximum Gasteiger partial charge on any atom is 0.272 e. The number of rotatable bonds is 5. The first-order valence-corrected chi connectivity index (χ1v) is 6.41. The Bertz CT molecular complexity index is 617. The Hall–Kier alpha value is -2.63. The maximum atomic E-state index is 13.0. The van der Waals surface area contributed by atoms with Gasteiger partial charge in [0.2, 0.25) is 0 Å². The largest absolute Gasteiger partial charge is 0.492 e. The molecule has 0 radical (unpaired) electrons. The minimum Gasteiger partial charge on any atom is -0.492 e. The van der Waals surface area contributed by atoms with Crippen LogP contribution in [-0.2, 0) is 0 Å². The SMILES string of the molecule is CN(CCOc1cccc(F)c1)C(=O)c1ccc(N)cn1. The number of carbonyl (C=O) groups is 1. The van der Waals surface area contributed by atoms with Crippen LogP contribution in [0.25, 0.3) is 0 Å². The molecule has 21 heavy (non-hydrogen) atoms. The molecule has 5 nitrogen and oxygen atoms in total. The zero-order valence-electron chi connectivity index (χ0n) is 11.6. The minimum absolute atomic E-state index is 0.224. The average molecular weight is 289 g/mol. The summed E-state index contributed by atoms with van der Waals surface area (Å²) in [5.74, 6) is -0.151. The molecule has 2 aromatic rings. The van der Waals surface area contributed by atoms with Crippen molar-refractivity contribution in [2.45, 2.75) is 0 Å². The fourth-order valence-corrected chi connectivity index (χ4v) is 1.69. The highest BCUT2D eigenvalue weighted by molar-refractivity contribution is 5.92. The molecule has 0 spiro atoms. The highest BCUT2D eigenvalue weighted by Crippen LogP contribution is 2.11. The molecule has 0 saturated heterocycles. The van der Waals surface area contributed by atoms with Crippen LogP contribution in [0.15, 0.2) is 42.6 Å². The second-order valence-corrected chi connectivity index (χ2v) is 4.51. The third-order valence-corrected chi connectivity index (χ3v) is 2.84. The molecule has 1 heterocycles.